The second kappa shape index (κ2) is 5.70. The van der Waals surface area contributed by atoms with Crippen molar-refractivity contribution < 1.29 is 5.11 Å². The van der Waals surface area contributed by atoms with E-state index >= 15 is 0 Å². The van der Waals surface area contributed by atoms with Gasteiger partial charge in [0.15, 0.2) is 0 Å². The number of fused-ring (bicyclic) bond motifs is 1. The lowest BCUT2D eigenvalue weighted by Crippen LogP contribution is -2.04. The molecular weight excluding hydrogens is 260 g/mol. The minimum absolute atomic E-state index is 0.225. The Bertz CT molecular complexity index is 740. The number of nitrogens with zero attached hydrogens (tertiary/aromatic N) is 2. The standard InChI is InChI=1S/C18H20N2O/c1-13(2)18(21)15-8-10-20(12-15)11-14-7-9-19-17-6-4-3-5-16(14)17/h3-10,12-13,18,21H,11H2,1-2H3. The van der Waals surface area contributed by atoms with Crippen molar-refractivity contribution in [3.8, 4) is 0 Å². The van der Waals surface area contributed by atoms with Crippen LogP contribution in [0.3, 0.4) is 0 Å². The third-order valence-electron chi connectivity index (χ3n) is 3.84. The van der Waals surface area contributed by atoms with Gasteiger partial charge in [-0.1, -0.05) is 32.0 Å². The average molecular weight is 280 g/mol. The Morgan fingerprint density at radius 2 is 1.95 bits per heavy atom. The molecule has 2 heterocycles. The molecule has 0 fully saturated rings. The van der Waals surface area contributed by atoms with Crippen LogP contribution in [0.5, 0.6) is 0 Å². The Kier molecular flexibility index (Phi) is 3.76. The quantitative estimate of drug-likeness (QED) is 0.790. The fourth-order valence-corrected chi connectivity index (χ4v) is 2.61. The van der Waals surface area contributed by atoms with E-state index < -0.39 is 6.10 Å². The van der Waals surface area contributed by atoms with E-state index in [-0.39, 0.29) is 5.92 Å². The molecule has 0 aliphatic carbocycles. The van der Waals surface area contributed by atoms with E-state index in [2.05, 4.69) is 21.7 Å². The highest BCUT2D eigenvalue weighted by molar-refractivity contribution is 5.81. The number of aliphatic hydroxyl groups is 1. The number of hydrogen-bond acceptors (Lipinski definition) is 2. The summed E-state index contributed by atoms with van der Waals surface area (Å²) in [6, 6.07) is 12.2. The van der Waals surface area contributed by atoms with Crippen LogP contribution in [0.15, 0.2) is 55.0 Å². The molecule has 3 nitrogen and oxygen atoms in total. The molecule has 0 amide bonds. The summed E-state index contributed by atoms with van der Waals surface area (Å²) in [5.41, 5.74) is 3.23. The first-order valence-electron chi connectivity index (χ1n) is 7.31. The fraction of sp³-hybridized carbons (Fsp3) is 0.278. The van der Waals surface area contributed by atoms with Crippen molar-refractivity contribution in [2.45, 2.75) is 26.5 Å². The zero-order valence-electron chi connectivity index (χ0n) is 12.4. The molecule has 2 aromatic heterocycles. The predicted molar refractivity (Wildman–Crippen MR) is 85.1 cm³/mol. The lowest BCUT2D eigenvalue weighted by atomic mass is 10.0. The number of rotatable bonds is 4. The first kappa shape index (κ1) is 13.8. The number of hydrogen-bond donors (Lipinski definition) is 1. The highest BCUT2D eigenvalue weighted by Gasteiger charge is 2.13. The Morgan fingerprint density at radius 1 is 1.14 bits per heavy atom. The number of aliphatic hydroxyl groups excluding tert-OH is 1. The summed E-state index contributed by atoms with van der Waals surface area (Å²) in [6.45, 7) is 4.84. The van der Waals surface area contributed by atoms with Gasteiger partial charge in [0.2, 0.25) is 0 Å². The van der Waals surface area contributed by atoms with Crippen molar-refractivity contribution in [2.75, 3.05) is 0 Å². The van der Waals surface area contributed by atoms with E-state index in [1.54, 1.807) is 0 Å². The molecule has 21 heavy (non-hydrogen) atoms. The second-order valence-corrected chi connectivity index (χ2v) is 5.79. The Balaban J connectivity index is 1.89. The third kappa shape index (κ3) is 2.83. The van der Waals surface area contributed by atoms with Crippen LogP contribution in [0.1, 0.15) is 31.1 Å². The number of benzene rings is 1. The number of aromatic nitrogens is 2. The minimum atomic E-state index is -0.402. The largest absolute Gasteiger partial charge is 0.388 e. The average Bonchev–Trinajstić information content (AvgIpc) is 2.95. The van der Waals surface area contributed by atoms with E-state index in [1.165, 1.54) is 10.9 Å². The molecule has 0 aliphatic heterocycles. The van der Waals surface area contributed by atoms with Gasteiger partial charge >= 0.3 is 0 Å². The fourth-order valence-electron chi connectivity index (χ4n) is 2.61. The minimum Gasteiger partial charge on any atom is -0.388 e. The van der Waals surface area contributed by atoms with Crippen molar-refractivity contribution in [3.63, 3.8) is 0 Å². The summed E-state index contributed by atoms with van der Waals surface area (Å²) in [4.78, 5) is 4.39. The van der Waals surface area contributed by atoms with Gasteiger partial charge in [0.25, 0.3) is 0 Å². The van der Waals surface area contributed by atoms with Crippen LogP contribution >= 0.6 is 0 Å². The van der Waals surface area contributed by atoms with Gasteiger partial charge in [0, 0.05) is 30.5 Å². The third-order valence-corrected chi connectivity index (χ3v) is 3.84. The highest BCUT2D eigenvalue weighted by atomic mass is 16.3. The van der Waals surface area contributed by atoms with Gasteiger partial charge in [0.05, 0.1) is 11.6 Å². The molecule has 0 saturated carbocycles. The van der Waals surface area contributed by atoms with Crippen LogP contribution in [-0.2, 0) is 6.54 Å². The number of pyridine rings is 1. The molecule has 0 bridgehead atoms. The summed E-state index contributed by atoms with van der Waals surface area (Å²) in [7, 11) is 0. The molecule has 3 heteroatoms. The van der Waals surface area contributed by atoms with Crippen molar-refractivity contribution >= 4 is 10.9 Å². The Labute approximate surface area is 124 Å². The molecule has 0 saturated heterocycles. The molecule has 1 atom stereocenters. The van der Waals surface area contributed by atoms with E-state index in [1.807, 2.05) is 56.7 Å². The maximum absolute atomic E-state index is 10.1. The number of para-hydroxylation sites is 1. The van der Waals surface area contributed by atoms with E-state index in [9.17, 15) is 5.11 Å². The monoisotopic (exact) mass is 280 g/mol. The lowest BCUT2D eigenvalue weighted by molar-refractivity contribution is 0.127. The molecule has 3 rings (SSSR count). The SMILES string of the molecule is CC(C)C(O)c1ccn(Cc2ccnc3ccccc23)c1. The van der Waals surface area contributed by atoms with Crippen molar-refractivity contribution in [2.24, 2.45) is 5.92 Å². The normalized spacial score (nSPS) is 13.0. The van der Waals surface area contributed by atoms with Gasteiger partial charge in [-0.3, -0.25) is 4.98 Å². The van der Waals surface area contributed by atoms with Gasteiger partial charge in [-0.05, 0) is 35.2 Å². The van der Waals surface area contributed by atoms with Crippen LogP contribution in [0.25, 0.3) is 10.9 Å². The van der Waals surface area contributed by atoms with Crippen LogP contribution in [-0.4, -0.2) is 14.7 Å². The highest BCUT2D eigenvalue weighted by Crippen LogP contribution is 2.23. The summed E-state index contributed by atoms with van der Waals surface area (Å²) < 4.78 is 2.11. The van der Waals surface area contributed by atoms with Crippen LogP contribution in [0, 0.1) is 5.92 Å². The summed E-state index contributed by atoms with van der Waals surface area (Å²) in [6.07, 6.45) is 5.50. The maximum Gasteiger partial charge on any atom is 0.0827 e. The van der Waals surface area contributed by atoms with Crippen LogP contribution in [0.4, 0.5) is 0 Å². The molecule has 108 valence electrons. The first-order chi connectivity index (χ1) is 10.1. The smallest absolute Gasteiger partial charge is 0.0827 e. The van der Waals surface area contributed by atoms with Gasteiger partial charge in [0.1, 0.15) is 0 Å². The molecule has 1 aromatic carbocycles. The summed E-state index contributed by atoms with van der Waals surface area (Å²) >= 11 is 0. The molecule has 1 unspecified atom stereocenters. The second-order valence-electron chi connectivity index (χ2n) is 5.79. The zero-order valence-corrected chi connectivity index (χ0v) is 12.4. The van der Waals surface area contributed by atoms with Crippen molar-refractivity contribution in [1.82, 2.24) is 9.55 Å². The van der Waals surface area contributed by atoms with E-state index in [4.69, 9.17) is 0 Å². The molecule has 3 aromatic rings. The lowest BCUT2D eigenvalue weighted by Gasteiger charge is -2.12. The van der Waals surface area contributed by atoms with Gasteiger partial charge < -0.3 is 9.67 Å². The van der Waals surface area contributed by atoms with Crippen LogP contribution < -0.4 is 0 Å². The van der Waals surface area contributed by atoms with Crippen LogP contribution in [0.2, 0.25) is 0 Å². The molecule has 0 aliphatic rings. The maximum atomic E-state index is 10.1. The first-order valence-corrected chi connectivity index (χ1v) is 7.31. The Hall–Kier alpha value is -2.13. The zero-order chi connectivity index (χ0) is 14.8. The molecular formula is C18H20N2O. The van der Waals surface area contributed by atoms with Gasteiger partial charge in [-0.2, -0.15) is 0 Å². The van der Waals surface area contributed by atoms with Crippen molar-refractivity contribution in [1.29, 1.82) is 0 Å². The topological polar surface area (TPSA) is 38.0 Å². The summed E-state index contributed by atoms with van der Waals surface area (Å²) in [5.74, 6) is 0.225. The summed E-state index contributed by atoms with van der Waals surface area (Å²) in [5, 5.41) is 11.3. The molecule has 0 spiro atoms. The van der Waals surface area contributed by atoms with E-state index in [0.29, 0.717) is 0 Å². The van der Waals surface area contributed by atoms with Gasteiger partial charge in [-0.15, -0.1) is 0 Å². The predicted octanol–water partition coefficient (Wildman–Crippen LogP) is 3.77. The molecule has 1 N–H and O–H groups in total. The molecule has 0 radical (unpaired) electrons. The van der Waals surface area contributed by atoms with Gasteiger partial charge in [-0.25, -0.2) is 0 Å². The van der Waals surface area contributed by atoms with E-state index in [0.717, 1.165) is 17.6 Å². The van der Waals surface area contributed by atoms with Crippen molar-refractivity contribution in [3.05, 3.63) is 66.1 Å². The Morgan fingerprint density at radius 3 is 2.76 bits per heavy atom.